The lowest BCUT2D eigenvalue weighted by atomic mass is 9.56. The quantitative estimate of drug-likeness (QED) is 0.215. The third-order valence-electron chi connectivity index (χ3n) is 10.0. The van der Waals surface area contributed by atoms with Crippen LogP contribution in [0.3, 0.4) is 0 Å². The minimum Gasteiger partial charge on any atom is -0.465 e. The maximum absolute atomic E-state index is 12.9. The minimum absolute atomic E-state index is 0.0532. The zero-order valence-corrected chi connectivity index (χ0v) is 23.2. The van der Waals surface area contributed by atoms with Gasteiger partial charge in [-0.2, -0.15) is 0 Å². The molecule has 6 aliphatic carbocycles. The van der Waals surface area contributed by atoms with Crippen molar-refractivity contribution in [1.82, 2.24) is 0 Å². The van der Waals surface area contributed by atoms with E-state index in [9.17, 15) is 9.59 Å². The first-order chi connectivity index (χ1) is 20.6. The van der Waals surface area contributed by atoms with Crippen molar-refractivity contribution in [3.8, 4) is 0 Å². The fourth-order valence-electron chi connectivity index (χ4n) is 8.48. The lowest BCUT2D eigenvalue weighted by Crippen LogP contribution is -2.32. The molecule has 11 rings (SSSR count). The highest BCUT2D eigenvalue weighted by Crippen LogP contribution is 2.61. The average molecular weight is 547 g/mol. The molecule has 42 heavy (non-hydrogen) atoms. The van der Waals surface area contributed by atoms with Crippen molar-refractivity contribution in [2.45, 2.75) is 23.7 Å². The summed E-state index contributed by atoms with van der Waals surface area (Å²) >= 11 is 0. The van der Waals surface area contributed by atoms with Crippen molar-refractivity contribution in [2.24, 2.45) is 0 Å². The second kappa shape index (κ2) is 8.29. The Bertz CT molecular complexity index is 1850. The van der Waals surface area contributed by atoms with Crippen LogP contribution in [-0.2, 0) is 9.47 Å². The molecule has 202 valence electrons. The summed E-state index contributed by atoms with van der Waals surface area (Å²) in [5, 5.41) is 0. The number of benzene rings is 5. The summed E-state index contributed by atoms with van der Waals surface area (Å²) in [5.74, 6) is -0.811. The van der Waals surface area contributed by atoms with E-state index in [0.717, 1.165) is 11.1 Å². The van der Waals surface area contributed by atoms with Gasteiger partial charge in [0.25, 0.3) is 0 Å². The largest absolute Gasteiger partial charge is 0.465 e. The predicted molar refractivity (Wildman–Crippen MR) is 159 cm³/mol. The van der Waals surface area contributed by atoms with Crippen molar-refractivity contribution in [2.75, 3.05) is 14.2 Å². The monoisotopic (exact) mass is 546 g/mol. The summed E-state index contributed by atoms with van der Waals surface area (Å²) in [7, 11) is 2.69. The summed E-state index contributed by atoms with van der Waals surface area (Å²) in [6, 6.07) is 35.0. The molecule has 4 heteroatoms. The zero-order chi connectivity index (χ0) is 28.3. The average Bonchev–Trinajstić information content (AvgIpc) is 3.05. The van der Waals surface area contributed by atoms with Crippen LogP contribution in [0.4, 0.5) is 0 Å². The molecule has 2 unspecified atom stereocenters. The summed E-state index contributed by atoms with van der Waals surface area (Å²) in [5.41, 5.74) is 16.0. The topological polar surface area (TPSA) is 52.6 Å². The van der Waals surface area contributed by atoms with Crippen LogP contribution in [0.5, 0.6) is 0 Å². The highest BCUT2D eigenvalue weighted by Gasteiger charge is 2.47. The number of methoxy groups -OCH3 is 2. The van der Waals surface area contributed by atoms with E-state index in [4.69, 9.17) is 9.47 Å². The van der Waals surface area contributed by atoms with E-state index in [0.29, 0.717) is 0 Å². The van der Waals surface area contributed by atoms with Gasteiger partial charge in [-0.1, -0.05) is 84.9 Å². The molecule has 5 aromatic carbocycles. The first-order valence-corrected chi connectivity index (χ1v) is 14.4. The number of rotatable bonds is 2. The molecule has 2 atom stereocenters. The lowest BCUT2D eigenvalue weighted by Gasteiger charge is -2.47. The Kier molecular flexibility index (Phi) is 4.68. The van der Waals surface area contributed by atoms with E-state index >= 15 is 0 Å². The normalized spacial score (nSPS) is 20.8. The van der Waals surface area contributed by atoms with E-state index in [1.165, 1.54) is 69.9 Å². The smallest absolute Gasteiger partial charge is 0.338 e. The molecule has 6 aliphatic rings. The SMILES string of the molecule is COC(=O)c1cc2c(cc1C(=O)OC)C1c3ccccc3C2c2cc3c(cc21)C1c2ccccc2C3c2ccccc21. The Morgan fingerprint density at radius 1 is 0.405 bits per heavy atom. The molecule has 0 spiro atoms. The molecule has 0 N–H and O–H groups in total. The van der Waals surface area contributed by atoms with Gasteiger partial charge in [0.05, 0.1) is 25.3 Å². The highest BCUT2D eigenvalue weighted by atomic mass is 16.5. The molecule has 0 amide bonds. The molecule has 5 aromatic rings. The number of carbonyl (C=O) groups excluding carboxylic acids is 2. The van der Waals surface area contributed by atoms with Gasteiger partial charge in [0.15, 0.2) is 0 Å². The lowest BCUT2D eigenvalue weighted by molar-refractivity contribution is 0.0555. The first-order valence-electron chi connectivity index (χ1n) is 14.4. The summed E-state index contributed by atoms with van der Waals surface area (Å²) < 4.78 is 10.2. The Morgan fingerprint density at radius 2 is 0.643 bits per heavy atom. The van der Waals surface area contributed by atoms with Crippen LogP contribution in [0.25, 0.3) is 0 Å². The molecule has 0 fully saturated rings. The van der Waals surface area contributed by atoms with Crippen LogP contribution in [0, 0.1) is 0 Å². The van der Waals surface area contributed by atoms with Gasteiger partial charge >= 0.3 is 11.9 Å². The van der Waals surface area contributed by atoms with E-state index in [1.807, 2.05) is 12.1 Å². The summed E-state index contributed by atoms with van der Waals surface area (Å²) in [6.07, 6.45) is 0. The van der Waals surface area contributed by atoms with Crippen molar-refractivity contribution in [1.29, 1.82) is 0 Å². The molecule has 0 aliphatic heterocycles. The number of hydrogen-bond donors (Lipinski definition) is 0. The molecule has 0 saturated carbocycles. The van der Waals surface area contributed by atoms with Gasteiger partial charge in [-0.25, -0.2) is 9.59 Å². The number of ether oxygens (including phenoxy) is 2. The molecule has 0 heterocycles. The van der Waals surface area contributed by atoms with Crippen LogP contribution in [0.1, 0.15) is 111 Å². The van der Waals surface area contributed by atoms with Gasteiger partial charge in [-0.05, 0) is 78.9 Å². The number of hydrogen-bond acceptors (Lipinski definition) is 4. The fraction of sp³-hybridized carbons (Fsp3) is 0.158. The summed E-state index contributed by atoms with van der Waals surface area (Å²) in [6.45, 7) is 0. The molecule has 4 bridgehead atoms. The predicted octanol–water partition coefficient (Wildman–Crippen LogP) is 7.23. The van der Waals surface area contributed by atoms with E-state index in [1.54, 1.807) is 0 Å². The maximum atomic E-state index is 12.9. The highest BCUT2D eigenvalue weighted by molar-refractivity contribution is 6.04. The third kappa shape index (κ3) is 2.82. The van der Waals surface area contributed by atoms with Gasteiger partial charge in [0.2, 0.25) is 0 Å². The Hall–Kier alpha value is -4.96. The van der Waals surface area contributed by atoms with Gasteiger partial charge in [-0.15, -0.1) is 0 Å². The van der Waals surface area contributed by atoms with Gasteiger partial charge in [0.1, 0.15) is 0 Å². The first kappa shape index (κ1) is 23.7. The molecule has 0 radical (unpaired) electrons. The summed E-state index contributed by atoms with van der Waals surface area (Å²) in [4.78, 5) is 25.8. The van der Waals surface area contributed by atoms with Crippen molar-refractivity contribution in [3.05, 3.63) is 175 Å². The van der Waals surface area contributed by atoms with Crippen LogP contribution in [-0.4, -0.2) is 26.2 Å². The Labute approximate surface area is 243 Å². The minimum atomic E-state index is -0.538. The van der Waals surface area contributed by atoms with Crippen LogP contribution in [0.15, 0.2) is 97.1 Å². The van der Waals surface area contributed by atoms with Crippen molar-refractivity contribution < 1.29 is 19.1 Å². The van der Waals surface area contributed by atoms with Gasteiger partial charge in [0, 0.05) is 23.7 Å². The van der Waals surface area contributed by atoms with E-state index < -0.39 is 11.9 Å². The fourth-order valence-corrected chi connectivity index (χ4v) is 8.48. The van der Waals surface area contributed by atoms with Crippen LogP contribution >= 0.6 is 0 Å². The van der Waals surface area contributed by atoms with E-state index in [2.05, 4.69) is 84.9 Å². The number of carbonyl (C=O) groups is 2. The molecule has 0 saturated heterocycles. The number of esters is 2. The second-order valence-corrected chi connectivity index (χ2v) is 11.7. The van der Waals surface area contributed by atoms with Crippen LogP contribution in [0.2, 0.25) is 0 Å². The third-order valence-corrected chi connectivity index (χ3v) is 10.0. The zero-order valence-electron chi connectivity index (χ0n) is 23.2. The molecular formula is C38H26O4. The molecule has 4 nitrogen and oxygen atoms in total. The van der Waals surface area contributed by atoms with Gasteiger partial charge in [-0.3, -0.25) is 0 Å². The standard InChI is InChI=1S/C38H26O4/c1-41-37(39)31-17-29-30(18-32(31)38(40)42-2)36-24-14-8-7-13-23(24)35(29)27-15-25-26(16-28(27)36)34-21-11-5-3-9-19(21)33(25)20-10-4-6-12-22(20)34/h3-18,33-36H,1-2H3. The van der Waals surface area contributed by atoms with Crippen LogP contribution < -0.4 is 0 Å². The molecule has 0 aromatic heterocycles. The molecular weight excluding hydrogens is 520 g/mol. The van der Waals surface area contributed by atoms with Crippen molar-refractivity contribution in [3.63, 3.8) is 0 Å². The maximum Gasteiger partial charge on any atom is 0.338 e. The van der Waals surface area contributed by atoms with Gasteiger partial charge < -0.3 is 9.47 Å². The Balaban J connectivity index is 1.33. The van der Waals surface area contributed by atoms with E-state index in [-0.39, 0.29) is 34.8 Å². The second-order valence-electron chi connectivity index (χ2n) is 11.7. The Morgan fingerprint density at radius 3 is 0.905 bits per heavy atom. The van der Waals surface area contributed by atoms with Crippen molar-refractivity contribution >= 4 is 11.9 Å².